The number of pyridine rings is 1. The molecule has 55 heavy (non-hydrogen) atoms. The Morgan fingerprint density at radius 2 is 1.33 bits per heavy atom. The zero-order chi connectivity index (χ0) is 37.8. The van der Waals surface area contributed by atoms with Gasteiger partial charge in [0.05, 0.1) is 0 Å². The van der Waals surface area contributed by atoms with Gasteiger partial charge in [-0.1, -0.05) is 127 Å². The molecule has 0 saturated heterocycles. The van der Waals surface area contributed by atoms with Crippen LogP contribution in [0.1, 0.15) is 77.6 Å². The number of nitrogens with zero attached hydrogens (tertiary/aromatic N) is 4. The maximum absolute atomic E-state index is 6.67. The van der Waals surface area contributed by atoms with E-state index in [0.29, 0.717) is 11.5 Å². The van der Waals surface area contributed by atoms with Gasteiger partial charge in [-0.05, 0) is 75.6 Å². The van der Waals surface area contributed by atoms with Gasteiger partial charge in [-0.3, -0.25) is 0 Å². The average Bonchev–Trinajstić information content (AvgIpc) is 3.78. The zero-order valence-corrected chi connectivity index (χ0v) is 35.1. The van der Waals surface area contributed by atoms with Crippen molar-refractivity contribution in [2.24, 2.45) is 0 Å². The van der Waals surface area contributed by atoms with Crippen LogP contribution < -0.4 is 14.5 Å². The maximum Gasteiger partial charge on any atom is 0.135 e. The smallest absolute Gasteiger partial charge is 0.135 e. The third-order valence-corrected chi connectivity index (χ3v) is 10.6. The molecule has 5 nitrogen and oxygen atoms in total. The normalized spacial score (nSPS) is 13.5. The molecule has 0 atom stereocenters. The number of ether oxygens (including phenoxy) is 1. The van der Waals surface area contributed by atoms with Gasteiger partial charge in [-0.25, -0.2) is 4.98 Å². The molecule has 0 fully saturated rings. The van der Waals surface area contributed by atoms with Crippen LogP contribution >= 0.6 is 0 Å². The second-order valence-electron chi connectivity index (χ2n) is 16.8. The first-order valence-corrected chi connectivity index (χ1v) is 18.7. The van der Waals surface area contributed by atoms with E-state index in [1.807, 2.05) is 24.4 Å². The molecule has 0 saturated carbocycles. The summed E-state index contributed by atoms with van der Waals surface area (Å²) in [5, 5.41) is 2.34. The molecule has 0 aliphatic carbocycles. The molecule has 5 aromatic carbocycles. The number of hydrogen-bond donors (Lipinski definition) is 0. The molecule has 0 unspecified atom stereocenters. The van der Waals surface area contributed by atoms with E-state index in [0.717, 1.165) is 28.2 Å². The predicted molar refractivity (Wildman–Crippen MR) is 224 cm³/mol. The largest absolute Gasteiger partial charge is 0.509 e. The van der Waals surface area contributed by atoms with Gasteiger partial charge >= 0.3 is 0 Å². The van der Waals surface area contributed by atoms with Crippen molar-refractivity contribution in [1.29, 1.82) is 0 Å². The Hall–Kier alpha value is -5.12. The van der Waals surface area contributed by atoms with Gasteiger partial charge in [0.2, 0.25) is 0 Å². The van der Waals surface area contributed by atoms with Crippen molar-refractivity contribution in [1.82, 2.24) is 9.55 Å². The van der Waals surface area contributed by atoms with Gasteiger partial charge in [0.25, 0.3) is 0 Å². The number of fused-ring (bicyclic) bond motifs is 3. The number of rotatable bonds is 7. The number of hydrogen-bond acceptors (Lipinski definition) is 4. The molecule has 0 N–H and O–H groups in total. The van der Waals surface area contributed by atoms with Crippen LogP contribution in [0.4, 0.5) is 11.4 Å². The molecule has 7 aromatic rings. The standard InChI is InChI=1S/C49H47N4O.Pt/c1-47(2,3)35-24-25-50-45(29-35)53-43-23-13-12-22-41(43)46-42(48(4,5)6)31-40(32-44(46)53)54-39-21-15-20-38(30-39)52-27-26-51(33-52)37-19-14-18-36(28-37)49(7,8)34-16-10-9-11-17-34;/h9-29,31,33H,1-8H3;/q-3;. The fourth-order valence-corrected chi connectivity index (χ4v) is 7.37. The minimum atomic E-state index is -0.168. The van der Waals surface area contributed by atoms with E-state index in [1.165, 1.54) is 33.0 Å². The van der Waals surface area contributed by atoms with E-state index in [4.69, 9.17) is 9.72 Å². The first kappa shape index (κ1) is 38.2. The Kier molecular flexibility index (Phi) is 10.1. The number of aromatic nitrogens is 2. The van der Waals surface area contributed by atoms with Crippen molar-refractivity contribution in [3.63, 3.8) is 0 Å². The predicted octanol–water partition coefficient (Wildman–Crippen LogP) is 12.4. The molecule has 2 aromatic heterocycles. The summed E-state index contributed by atoms with van der Waals surface area (Å²) in [6.07, 6.45) is 6.04. The molecular weight excluding hydrogens is 856 g/mol. The third-order valence-electron chi connectivity index (χ3n) is 10.6. The Morgan fingerprint density at radius 1 is 0.618 bits per heavy atom. The topological polar surface area (TPSA) is 33.5 Å². The van der Waals surface area contributed by atoms with Crippen LogP contribution in [0, 0.1) is 18.8 Å². The second-order valence-corrected chi connectivity index (χ2v) is 16.8. The van der Waals surface area contributed by atoms with Gasteiger partial charge in [0, 0.05) is 55.4 Å². The molecule has 0 radical (unpaired) electrons. The van der Waals surface area contributed by atoms with E-state index >= 15 is 0 Å². The summed E-state index contributed by atoms with van der Waals surface area (Å²) in [5.74, 6) is 2.12. The van der Waals surface area contributed by atoms with E-state index < -0.39 is 0 Å². The van der Waals surface area contributed by atoms with Gasteiger partial charge < -0.3 is 19.1 Å². The molecule has 6 heteroatoms. The minimum absolute atomic E-state index is 0. The van der Waals surface area contributed by atoms with Gasteiger partial charge in [-0.2, -0.15) is 6.07 Å². The van der Waals surface area contributed by atoms with Crippen molar-refractivity contribution in [2.75, 3.05) is 9.80 Å². The number of benzene rings is 5. The van der Waals surface area contributed by atoms with Crippen molar-refractivity contribution in [3.8, 4) is 17.3 Å². The van der Waals surface area contributed by atoms with Gasteiger partial charge in [0.1, 0.15) is 5.82 Å². The van der Waals surface area contributed by atoms with Crippen LogP contribution in [0.5, 0.6) is 11.5 Å². The van der Waals surface area contributed by atoms with Crippen molar-refractivity contribution < 1.29 is 25.8 Å². The molecule has 1 aliphatic rings. The summed E-state index contributed by atoms with van der Waals surface area (Å²) in [7, 11) is 0. The van der Waals surface area contributed by atoms with Crippen molar-refractivity contribution in [3.05, 3.63) is 175 Å². The monoisotopic (exact) mass is 902 g/mol. The summed E-state index contributed by atoms with van der Waals surface area (Å²) in [6.45, 7) is 20.1. The Balaban J connectivity index is 0.00000465. The number of anilines is 2. The Labute approximate surface area is 340 Å². The minimum Gasteiger partial charge on any atom is -0.509 e. The van der Waals surface area contributed by atoms with Crippen molar-refractivity contribution >= 4 is 33.2 Å². The molecule has 282 valence electrons. The molecule has 0 amide bonds. The van der Waals surface area contributed by atoms with E-state index in [-0.39, 0.29) is 37.3 Å². The van der Waals surface area contributed by atoms with E-state index in [9.17, 15) is 0 Å². The molecular formula is C49H47N4OPt-3. The zero-order valence-electron chi connectivity index (χ0n) is 32.8. The van der Waals surface area contributed by atoms with Crippen molar-refractivity contribution in [2.45, 2.75) is 71.6 Å². The SMILES string of the molecule is CC(C)(C)c1ccnc(-n2c3[c-]c(Oc4[c-]c(N5C=CN(c6cccc(C(C)(C)c7ccccc7)c6)[CH-]5)ccc4)cc(C(C)(C)C)c3c3ccccc32)c1.[Pt]. The van der Waals surface area contributed by atoms with Crippen LogP contribution in [0.15, 0.2) is 134 Å². The molecule has 8 rings (SSSR count). The summed E-state index contributed by atoms with van der Waals surface area (Å²) in [6, 6.07) is 47.7. The van der Waals surface area contributed by atoms with Crippen LogP contribution in [-0.4, -0.2) is 9.55 Å². The van der Waals surface area contributed by atoms with Gasteiger partial charge in [0.15, 0.2) is 0 Å². The van der Waals surface area contributed by atoms with Crippen LogP contribution in [0.2, 0.25) is 0 Å². The Morgan fingerprint density at radius 3 is 2.09 bits per heavy atom. The van der Waals surface area contributed by atoms with Gasteiger partial charge in [-0.15, -0.1) is 48.3 Å². The van der Waals surface area contributed by atoms with Crippen LogP contribution in [0.25, 0.3) is 27.6 Å². The molecule has 3 heterocycles. The first-order chi connectivity index (χ1) is 25.8. The van der Waals surface area contributed by atoms with Crippen LogP contribution in [-0.2, 0) is 37.3 Å². The molecule has 0 spiro atoms. The van der Waals surface area contributed by atoms with Crippen LogP contribution in [0.3, 0.4) is 0 Å². The summed E-state index contributed by atoms with van der Waals surface area (Å²) in [5.41, 5.74) is 8.65. The fourth-order valence-electron chi connectivity index (χ4n) is 7.37. The maximum atomic E-state index is 6.67. The average molecular weight is 903 g/mol. The fraction of sp³-hybridized carbons (Fsp3) is 0.224. The molecule has 0 bridgehead atoms. The Bertz CT molecular complexity index is 2520. The number of para-hydroxylation sites is 1. The summed E-state index contributed by atoms with van der Waals surface area (Å²) >= 11 is 0. The van der Waals surface area contributed by atoms with E-state index in [2.05, 4.69) is 198 Å². The molecule has 1 aliphatic heterocycles. The van der Waals surface area contributed by atoms with E-state index in [1.54, 1.807) is 0 Å². The third kappa shape index (κ3) is 7.35. The second kappa shape index (κ2) is 14.5. The summed E-state index contributed by atoms with van der Waals surface area (Å²) in [4.78, 5) is 9.11. The first-order valence-electron chi connectivity index (χ1n) is 18.7. The summed E-state index contributed by atoms with van der Waals surface area (Å²) < 4.78 is 8.90. The quantitative estimate of drug-likeness (QED) is 0.149.